The minimum absolute atomic E-state index is 0.104. The molecule has 2 N–H and O–H groups in total. The predicted octanol–water partition coefficient (Wildman–Crippen LogP) is 1.55. The number of aliphatic hydroxyl groups excluding tert-OH is 1. The Morgan fingerprint density at radius 2 is 1.91 bits per heavy atom. The van der Waals surface area contributed by atoms with E-state index in [9.17, 15) is 14.7 Å². The molecule has 1 heterocycles. The van der Waals surface area contributed by atoms with Crippen molar-refractivity contribution in [1.29, 1.82) is 0 Å². The van der Waals surface area contributed by atoms with Crippen LogP contribution in [-0.4, -0.2) is 47.1 Å². The first-order valence-corrected chi connectivity index (χ1v) is 9.05. The van der Waals surface area contributed by atoms with Crippen molar-refractivity contribution < 1.29 is 14.7 Å². The van der Waals surface area contributed by atoms with Gasteiger partial charge in [0.1, 0.15) is 0 Å². The summed E-state index contributed by atoms with van der Waals surface area (Å²) in [4.78, 5) is 26.4. The van der Waals surface area contributed by atoms with Crippen molar-refractivity contribution in [3.63, 3.8) is 0 Å². The van der Waals surface area contributed by atoms with Gasteiger partial charge in [-0.15, -0.1) is 0 Å². The zero-order valence-corrected chi connectivity index (χ0v) is 14.5. The average molecular weight is 322 g/mol. The second-order valence-electron chi connectivity index (χ2n) is 8.74. The lowest BCUT2D eigenvalue weighted by atomic mass is 9.70. The topological polar surface area (TPSA) is 69.6 Å². The summed E-state index contributed by atoms with van der Waals surface area (Å²) in [5, 5.41) is 12.9. The summed E-state index contributed by atoms with van der Waals surface area (Å²) in [6, 6.07) is 0.104. The Bertz CT molecular complexity index is 491. The minimum atomic E-state index is -0.462. The molecule has 5 heteroatoms. The zero-order valence-electron chi connectivity index (χ0n) is 14.5. The number of nitrogens with one attached hydrogen (secondary N) is 1. The molecule has 2 unspecified atom stereocenters. The second kappa shape index (κ2) is 6.08. The first-order chi connectivity index (χ1) is 10.8. The fourth-order valence-corrected chi connectivity index (χ4v) is 4.94. The van der Waals surface area contributed by atoms with Crippen molar-refractivity contribution >= 4 is 11.8 Å². The number of fused-ring (bicyclic) bond motifs is 1. The maximum atomic E-state index is 12.4. The van der Waals surface area contributed by atoms with Gasteiger partial charge in [0.25, 0.3) is 0 Å². The van der Waals surface area contributed by atoms with Crippen LogP contribution >= 0.6 is 0 Å². The molecule has 130 valence electrons. The molecule has 0 aromatic heterocycles. The summed E-state index contributed by atoms with van der Waals surface area (Å²) in [5.41, 5.74) is 0.327. The molecule has 3 rings (SSSR count). The Labute approximate surface area is 138 Å². The molecule has 2 aliphatic carbocycles. The molecular formula is C18H30N2O3. The standard InChI is InChI=1S/C18H30N2O3/c1-11-8-18(2,3)7-6-14(11)19-16(22)17(23)20-9-12-4-5-15(21)13(12)10-20/h11-15,21H,4-10H2,1-3H3,(H,19,22)/t11?,12-,13+,14?,15-/m0/s1. The van der Waals surface area contributed by atoms with Crippen LogP contribution in [0.5, 0.6) is 0 Å². The van der Waals surface area contributed by atoms with Crippen LogP contribution in [0.4, 0.5) is 0 Å². The van der Waals surface area contributed by atoms with Crippen molar-refractivity contribution in [2.75, 3.05) is 13.1 Å². The Hall–Kier alpha value is -1.10. The van der Waals surface area contributed by atoms with E-state index >= 15 is 0 Å². The molecule has 3 aliphatic rings. The third kappa shape index (κ3) is 3.39. The van der Waals surface area contributed by atoms with Gasteiger partial charge in [-0.1, -0.05) is 20.8 Å². The number of hydrogen-bond donors (Lipinski definition) is 2. The third-order valence-electron chi connectivity index (χ3n) is 6.31. The molecule has 0 aromatic rings. The number of rotatable bonds is 1. The summed E-state index contributed by atoms with van der Waals surface area (Å²) < 4.78 is 0. The van der Waals surface area contributed by atoms with Crippen LogP contribution in [-0.2, 0) is 9.59 Å². The summed E-state index contributed by atoms with van der Waals surface area (Å²) in [5.74, 6) is 0.0623. The first kappa shape index (κ1) is 16.7. The van der Waals surface area contributed by atoms with E-state index in [1.165, 1.54) is 0 Å². The van der Waals surface area contributed by atoms with Gasteiger partial charge in [0, 0.05) is 25.0 Å². The molecule has 23 heavy (non-hydrogen) atoms. The quantitative estimate of drug-likeness (QED) is 0.720. The van der Waals surface area contributed by atoms with E-state index in [0.29, 0.717) is 30.3 Å². The van der Waals surface area contributed by atoms with E-state index in [0.717, 1.165) is 32.1 Å². The minimum Gasteiger partial charge on any atom is -0.393 e. The van der Waals surface area contributed by atoms with E-state index in [1.807, 2.05) is 0 Å². The van der Waals surface area contributed by atoms with Crippen molar-refractivity contribution in [1.82, 2.24) is 10.2 Å². The summed E-state index contributed by atoms with van der Waals surface area (Å²) >= 11 is 0. The smallest absolute Gasteiger partial charge is 0.311 e. The Morgan fingerprint density at radius 1 is 1.17 bits per heavy atom. The Balaban J connectivity index is 1.54. The van der Waals surface area contributed by atoms with Gasteiger partial charge in [-0.25, -0.2) is 0 Å². The fraction of sp³-hybridized carbons (Fsp3) is 0.889. The van der Waals surface area contributed by atoms with Crippen molar-refractivity contribution in [2.45, 2.75) is 65.0 Å². The van der Waals surface area contributed by atoms with E-state index in [2.05, 4.69) is 26.1 Å². The first-order valence-electron chi connectivity index (χ1n) is 9.05. The summed E-state index contributed by atoms with van der Waals surface area (Å²) in [6.07, 6.45) is 4.59. The van der Waals surface area contributed by atoms with Gasteiger partial charge in [0.15, 0.2) is 0 Å². The zero-order chi connectivity index (χ0) is 16.8. The Morgan fingerprint density at radius 3 is 2.57 bits per heavy atom. The van der Waals surface area contributed by atoms with Gasteiger partial charge in [0.2, 0.25) is 0 Å². The number of hydrogen-bond acceptors (Lipinski definition) is 3. The largest absolute Gasteiger partial charge is 0.393 e. The molecule has 0 spiro atoms. The molecule has 5 nitrogen and oxygen atoms in total. The molecule has 0 aromatic carbocycles. The lowest BCUT2D eigenvalue weighted by molar-refractivity contribution is -0.146. The van der Waals surface area contributed by atoms with E-state index in [1.54, 1.807) is 4.90 Å². The molecule has 2 saturated carbocycles. The monoisotopic (exact) mass is 322 g/mol. The van der Waals surface area contributed by atoms with Crippen LogP contribution in [0.2, 0.25) is 0 Å². The molecule has 0 radical (unpaired) electrons. The van der Waals surface area contributed by atoms with Crippen LogP contribution < -0.4 is 5.32 Å². The molecule has 0 bridgehead atoms. The second-order valence-corrected chi connectivity index (χ2v) is 8.74. The van der Waals surface area contributed by atoms with Crippen LogP contribution in [0.1, 0.15) is 52.9 Å². The number of aliphatic hydroxyl groups is 1. The highest BCUT2D eigenvalue weighted by molar-refractivity contribution is 6.35. The number of likely N-dealkylation sites (tertiary alicyclic amines) is 1. The average Bonchev–Trinajstić information content (AvgIpc) is 3.03. The molecule has 5 atom stereocenters. The lowest BCUT2D eigenvalue weighted by Gasteiger charge is -2.39. The van der Waals surface area contributed by atoms with Gasteiger partial charge in [-0.3, -0.25) is 9.59 Å². The normalized spacial score (nSPS) is 39.1. The van der Waals surface area contributed by atoms with Gasteiger partial charge in [0.05, 0.1) is 6.10 Å². The summed E-state index contributed by atoms with van der Waals surface area (Å²) in [6.45, 7) is 7.85. The maximum absolute atomic E-state index is 12.4. The molecule has 1 aliphatic heterocycles. The number of nitrogens with zero attached hydrogens (tertiary/aromatic N) is 1. The van der Waals surface area contributed by atoms with Crippen LogP contribution in [0.15, 0.2) is 0 Å². The lowest BCUT2D eigenvalue weighted by Crippen LogP contribution is -2.50. The predicted molar refractivity (Wildman–Crippen MR) is 87.5 cm³/mol. The van der Waals surface area contributed by atoms with Gasteiger partial charge in [-0.05, 0) is 49.4 Å². The maximum Gasteiger partial charge on any atom is 0.311 e. The molecule has 3 fully saturated rings. The van der Waals surface area contributed by atoms with Gasteiger partial charge in [-0.2, -0.15) is 0 Å². The van der Waals surface area contributed by atoms with Crippen molar-refractivity contribution in [3.05, 3.63) is 0 Å². The molecule has 1 saturated heterocycles. The SMILES string of the molecule is CC1CC(C)(C)CCC1NC(=O)C(=O)N1C[C@@H]2CC[C@H](O)[C@@H]2C1. The summed E-state index contributed by atoms with van der Waals surface area (Å²) in [7, 11) is 0. The van der Waals surface area contributed by atoms with E-state index < -0.39 is 11.8 Å². The fourth-order valence-electron chi connectivity index (χ4n) is 4.94. The van der Waals surface area contributed by atoms with E-state index in [4.69, 9.17) is 0 Å². The van der Waals surface area contributed by atoms with E-state index in [-0.39, 0.29) is 18.1 Å². The van der Waals surface area contributed by atoms with Crippen LogP contribution in [0.3, 0.4) is 0 Å². The highest BCUT2D eigenvalue weighted by atomic mass is 16.3. The van der Waals surface area contributed by atoms with Crippen molar-refractivity contribution in [2.24, 2.45) is 23.2 Å². The Kier molecular flexibility index (Phi) is 4.43. The number of carbonyl (C=O) groups excluding carboxylic acids is 2. The molecule has 2 amide bonds. The molecular weight excluding hydrogens is 292 g/mol. The number of amides is 2. The van der Waals surface area contributed by atoms with Crippen LogP contribution in [0, 0.1) is 23.2 Å². The highest BCUT2D eigenvalue weighted by Gasteiger charge is 2.44. The van der Waals surface area contributed by atoms with Gasteiger partial charge >= 0.3 is 11.8 Å². The van der Waals surface area contributed by atoms with Crippen molar-refractivity contribution in [3.8, 4) is 0 Å². The highest BCUT2D eigenvalue weighted by Crippen LogP contribution is 2.39. The number of carbonyl (C=O) groups is 2. The van der Waals surface area contributed by atoms with Crippen LogP contribution in [0.25, 0.3) is 0 Å². The van der Waals surface area contributed by atoms with Gasteiger partial charge < -0.3 is 15.3 Å². The third-order valence-corrected chi connectivity index (χ3v) is 6.31.